The van der Waals surface area contributed by atoms with Crippen molar-refractivity contribution in [3.63, 3.8) is 0 Å². The fourth-order valence-corrected chi connectivity index (χ4v) is 5.23. The largest absolute Gasteiger partial charge is 0.378 e. The number of benzene rings is 1. The Morgan fingerprint density at radius 3 is 2.47 bits per heavy atom. The van der Waals surface area contributed by atoms with Gasteiger partial charge in [-0.05, 0) is 35.9 Å². The second-order valence-corrected chi connectivity index (χ2v) is 12.4. The predicted octanol–water partition coefficient (Wildman–Crippen LogP) is 1.42. The Morgan fingerprint density at radius 2 is 1.89 bits per heavy atom. The Kier molecular flexibility index (Phi) is 11.3. The molecule has 0 aliphatic carbocycles. The van der Waals surface area contributed by atoms with Crippen LogP contribution in [0, 0.1) is 11.3 Å². The van der Waals surface area contributed by atoms with Crippen molar-refractivity contribution in [2.24, 2.45) is 21.8 Å². The number of thioether (sulfide) groups is 1. The lowest BCUT2D eigenvalue weighted by Gasteiger charge is -2.24. The van der Waals surface area contributed by atoms with Crippen LogP contribution in [0.2, 0.25) is 10.0 Å². The number of aliphatic imine (C=N–C) groups is 1. The summed E-state index contributed by atoms with van der Waals surface area (Å²) >= 11 is 12.2. The number of hydrogen-bond donors (Lipinski definition) is 4. The highest BCUT2D eigenvalue weighted by Crippen LogP contribution is 2.24. The maximum Gasteiger partial charge on any atom is 0.261 e. The molecule has 0 spiro atoms. The molecule has 0 aromatic heterocycles. The number of primary sulfonamides is 1. The van der Waals surface area contributed by atoms with Gasteiger partial charge in [-0.15, -0.1) is 0 Å². The van der Waals surface area contributed by atoms with E-state index in [0.29, 0.717) is 15.6 Å². The van der Waals surface area contributed by atoms with Crippen LogP contribution in [-0.2, 0) is 35.6 Å². The highest BCUT2D eigenvalue weighted by molar-refractivity contribution is 8.41. The van der Waals surface area contributed by atoms with Gasteiger partial charge in [0, 0.05) is 41.4 Å². The molecule has 1 heterocycles. The summed E-state index contributed by atoms with van der Waals surface area (Å²) in [6.45, 7) is 3.48. The van der Waals surface area contributed by atoms with Crippen LogP contribution in [0.5, 0.6) is 0 Å². The lowest BCUT2D eigenvalue weighted by Crippen LogP contribution is -2.43. The molecule has 38 heavy (non-hydrogen) atoms. The number of nitrogens with two attached hydrogens (primary N) is 2. The molecule has 1 aromatic carbocycles. The zero-order chi connectivity index (χ0) is 28.8. The molecule has 0 bridgehead atoms. The van der Waals surface area contributed by atoms with Crippen molar-refractivity contribution in [2.45, 2.75) is 51.6 Å². The number of carbonyl (C=O) groups excluding carboxylic acids is 4. The van der Waals surface area contributed by atoms with Gasteiger partial charge in [0.1, 0.15) is 0 Å². The fourth-order valence-electron chi connectivity index (χ4n) is 3.70. The monoisotopic (exact) mass is 606 g/mol. The van der Waals surface area contributed by atoms with Crippen molar-refractivity contribution < 1.29 is 27.6 Å². The minimum absolute atomic E-state index is 0.0158. The third-order valence-electron chi connectivity index (χ3n) is 5.49. The lowest BCUT2D eigenvalue weighted by atomic mass is 9.98. The van der Waals surface area contributed by atoms with Crippen molar-refractivity contribution >= 4 is 78.0 Å². The number of amides is 3. The van der Waals surface area contributed by atoms with Gasteiger partial charge in [0.15, 0.2) is 11.0 Å². The number of sulfonamides is 1. The first kappa shape index (κ1) is 31.7. The van der Waals surface area contributed by atoms with E-state index < -0.39 is 43.5 Å². The van der Waals surface area contributed by atoms with E-state index in [2.05, 4.69) is 10.3 Å². The van der Waals surface area contributed by atoms with Gasteiger partial charge in [-0.3, -0.25) is 24.6 Å². The van der Waals surface area contributed by atoms with Crippen LogP contribution in [0.3, 0.4) is 0 Å². The number of likely N-dealkylation sites (tertiary alicyclic amines) is 1. The average molecular weight is 608 g/mol. The van der Waals surface area contributed by atoms with E-state index in [1.807, 2.05) is 0 Å². The number of Topliss-reactive ketones (excluding diaryl/α,β-unsaturated/α-hetero) is 1. The maximum atomic E-state index is 12.9. The smallest absolute Gasteiger partial charge is 0.261 e. The molecule has 0 unspecified atom stereocenters. The summed E-state index contributed by atoms with van der Waals surface area (Å²) in [7, 11) is -4.29. The number of carbonyl (C=O) groups is 4. The molecule has 3 amide bonds. The number of amidine groups is 1. The Hall–Kier alpha value is -2.52. The Morgan fingerprint density at radius 1 is 1.24 bits per heavy atom. The number of ketones is 1. The number of halogens is 2. The van der Waals surface area contributed by atoms with Crippen molar-refractivity contribution in [3.05, 3.63) is 33.8 Å². The van der Waals surface area contributed by atoms with Crippen LogP contribution in [0.1, 0.15) is 38.7 Å². The maximum absolute atomic E-state index is 12.9. The minimum Gasteiger partial charge on any atom is -0.378 e. The lowest BCUT2D eigenvalue weighted by molar-refractivity contribution is -0.139. The van der Waals surface area contributed by atoms with Gasteiger partial charge in [0.05, 0.1) is 12.5 Å². The quantitative estimate of drug-likeness (QED) is 0.251. The molecular weight excluding hydrogens is 579 g/mol. The molecule has 1 aliphatic rings. The summed E-state index contributed by atoms with van der Waals surface area (Å²) in [5.74, 6) is -2.20. The van der Waals surface area contributed by atoms with Gasteiger partial charge in [-0.2, -0.15) is 4.99 Å². The number of nitrogens with zero attached hydrogens (tertiary/aromatic N) is 2. The van der Waals surface area contributed by atoms with Gasteiger partial charge < -0.3 is 16.0 Å². The molecule has 12 nitrogen and oxygen atoms in total. The van der Waals surface area contributed by atoms with E-state index in [0.717, 1.165) is 0 Å². The second kappa shape index (κ2) is 13.5. The number of nitrogens with one attached hydrogen (secondary N) is 2. The van der Waals surface area contributed by atoms with Crippen LogP contribution in [0.25, 0.3) is 0 Å². The van der Waals surface area contributed by atoms with Crippen LogP contribution < -0.4 is 16.2 Å². The van der Waals surface area contributed by atoms with E-state index in [9.17, 15) is 27.6 Å². The first-order valence-corrected chi connectivity index (χ1v) is 14.4. The van der Waals surface area contributed by atoms with Gasteiger partial charge in [0.25, 0.3) is 10.0 Å². The molecule has 0 saturated carbocycles. The summed E-state index contributed by atoms with van der Waals surface area (Å²) < 4.78 is 21.2. The fraction of sp³-hybridized carbons (Fsp3) is 0.455. The molecule has 6 N–H and O–H groups in total. The molecule has 1 aliphatic heterocycles. The zero-order valence-corrected chi connectivity index (χ0v) is 23.7. The summed E-state index contributed by atoms with van der Waals surface area (Å²) in [5.41, 5.74) is 6.04. The molecule has 2 atom stereocenters. The van der Waals surface area contributed by atoms with E-state index in [1.165, 1.54) is 11.0 Å². The molecule has 2 rings (SSSR count). The first-order valence-electron chi connectivity index (χ1n) is 11.3. The molecule has 1 fully saturated rings. The van der Waals surface area contributed by atoms with Crippen LogP contribution in [0.15, 0.2) is 23.2 Å². The SMILES string of the molecule is CC(C)C(=O)[C@H]1C[C@@H](NC(=O)Cc2ccc(Cl)cc2Cl)CN1C(=O)CCC(=O)N=C(N)SC(=N)S(N)(=O)=O. The average Bonchev–Trinajstić information content (AvgIpc) is 3.21. The summed E-state index contributed by atoms with van der Waals surface area (Å²) in [6, 6.07) is 3.52. The molecule has 1 saturated heterocycles. The summed E-state index contributed by atoms with van der Waals surface area (Å²) in [6.07, 6.45) is -0.462. The van der Waals surface area contributed by atoms with Gasteiger partial charge >= 0.3 is 0 Å². The second-order valence-electron chi connectivity index (χ2n) is 8.81. The third-order valence-corrected chi connectivity index (χ3v) is 8.03. The normalized spacial score (nSPS) is 17.9. The molecule has 16 heteroatoms. The van der Waals surface area contributed by atoms with Crippen LogP contribution in [-0.4, -0.2) is 65.0 Å². The molecule has 208 valence electrons. The van der Waals surface area contributed by atoms with Crippen molar-refractivity contribution in [1.29, 1.82) is 5.41 Å². The highest BCUT2D eigenvalue weighted by Gasteiger charge is 2.40. The highest BCUT2D eigenvalue weighted by atomic mass is 35.5. The Balaban J connectivity index is 2.02. The predicted molar refractivity (Wildman–Crippen MR) is 146 cm³/mol. The van der Waals surface area contributed by atoms with Gasteiger partial charge in [-0.1, -0.05) is 43.1 Å². The molecular formula is C22H28Cl2N6O6S2. The topological polar surface area (TPSA) is 206 Å². The summed E-state index contributed by atoms with van der Waals surface area (Å²) in [4.78, 5) is 55.3. The van der Waals surface area contributed by atoms with Crippen molar-refractivity contribution in [2.75, 3.05) is 6.54 Å². The van der Waals surface area contributed by atoms with E-state index in [4.69, 9.17) is 39.5 Å². The third kappa shape index (κ3) is 9.34. The minimum atomic E-state index is -4.29. The van der Waals surface area contributed by atoms with E-state index in [1.54, 1.807) is 26.0 Å². The number of hydrogen-bond acceptors (Lipinski definition) is 8. The van der Waals surface area contributed by atoms with Gasteiger partial charge in [0.2, 0.25) is 22.1 Å². The Labute approximate surface area is 234 Å². The Bertz CT molecular complexity index is 1270. The zero-order valence-electron chi connectivity index (χ0n) is 20.6. The van der Waals surface area contributed by atoms with Crippen molar-refractivity contribution in [1.82, 2.24) is 10.2 Å². The first-order chi connectivity index (χ1) is 17.6. The van der Waals surface area contributed by atoms with Gasteiger partial charge in [-0.25, -0.2) is 13.6 Å². The van der Waals surface area contributed by atoms with E-state index >= 15 is 0 Å². The van der Waals surface area contributed by atoms with Crippen LogP contribution in [0.4, 0.5) is 0 Å². The molecule has 1 aromatic rings. The van der Waals surface area contributed by atoms with Crippen LogP contribution >= 0.6 is 35.0 Å². The number of rotatable bonds is 8. The van der Waals surface area contributed by atoms with Crippen molar-refractivity contribution in [3.8, 4) is 0 Å². The standard InChI is InChI=1S/C22H28Cl2N6O6S2/c1-11(2)20(34)16-9-14(28-18(32)7-12-3-4-13(23)8-15(12)24)10-30(16)19(33)6-5-17(31)29-21(25)37-22(26)38(27,35)36/h3-4,8,11,14,16,26H,5-7,9-10H2,1-2H3,(H,28,32)(H2,25,29,31)(H2,27,35,36)/t14-,16-/m1/s1. The summed E-state index contributed by atoms with van der Waals surface area (Å²) in [5, 5.41) is 15.2. The molecule has 0 radical (unpaired) electrons. The van der Waals surface area contributed by atoms with E-state index in [-0.39, 0.29) is 61.6 Å².